The van der Waals surface area contributed by atoms with Crippen LogP contribution in [0.1, 0.15) is 53.4 Å². The SMILES string of the molecule is CCNC(=NCC1(O)CCC1)N1CCC(NC(=O)OC(C)(C)C)C1.I. The summed E-state index contributed by atoms with van der Waals surface area (Å²) in [4.78, 5) is 18.6. The van der Waals surface area contributed by atoms with E-state index in [0.29, 0.717) is 13.1 Å². The number of amides is 1. The van der Waals surface area contributed by atoms with E-state index in [1.54, 1.807) is 0 Å². The van der Waals surface area contributed by atoms with Gasteiger partial charge in [0.05, 0.1) is 18.2 Å². The van der Waals surface area contributed by atoms with E-state index in [4.69, 9.17) is 4.74 Å². The first-order valence-electron chi connectivity index (χ1n) is 8.96. The zero-order valence-corrected chi connectivity index (χ0v) is 18.1. The highest BCUT2D eigenvalue weighted by molar-refractivity contribution is 14.0. The topological polar surface area (TPSA) is 86.2 Å². The monoisotopic (exact) mass is 468 g/mol. The Labute approximate surface area is 168 Å². The number of guanidine groups is 1. The van der Waals surface area contributed by atoms with Gasteiger partial charge in [0, 0.05) is 19.6 Å². The number of ether oxygens (including phenoxy) is 1. The molecule has 1 aliphatic carbocycles. The molecule has 1 unspecified atom stereocenters. The van der Waals surface area contributed by atoms with Gasteiger partial charge in [0.25, 0.3) is 0 Å². The lowest BCUT2D eigenvalue weighted by Crippen LogP contribution is -2.46. The second-order valence-corrected chi connectivity index (χ2v) is 7.83. The molecule has 7 nitrogen and oxygen atoms in total. The van der Waals surface area contributed by atoms with Crippen molar-refractivity contribution >= 4 is 36.0 Å². The first kappa shape index (κ1) is 22.3. The lowest BCUT2D eigenvalue weighted by molar-refractivity contribution is -0.0237. The number of rotatable bonds is 4. The molecule has 8 heteroatoms. The Kier molecular flexibility index (Phi) is 8.24. The fourth-order valence-corrected chi connectivity index (χ4v) is 2.94. The van der Waals surface area contributed by atoms with E-state index < -0.39 is 11.2 Å². The number of hydrogen-bond acceptors (Lipinski definition) is 4. The molecule has 0 spiro atoms. The maximum Gasteiger partial charge on any atom is 0.407 e. The van der Waals surface area contributed by atoms with Gasteiger partial charge in [-0.2, -0.15) is 0 Å². The molecular weight excluding hydrogens is 435 g/mol. The normalized spacial score (nSPS) is 22.7. The van der Waals surface area contributed by atoms with Crippen molar-refractivity contribution in [3.63, 3.8) is 0 Å². The molecule has 1 heterocycles. The van der Waals surface area contributed by atoms with E-state index in [1.165, 1.54) is 0 Å². The fraction of sp³-hybridized carbons (Fsp3) is 0.882. The zero-order valence-electron chi connectivity index (χ0n) is 15.8. The van der Waals surface area contributed by atoms with Crippen LogP contribution in [0.4, 0.5) is 4.79 Å². The summed E-state index contributed by atoms with van der Waals surface area (Å²) in [5.41, 5.74) is -1.11. The number of aliphatic imine (C=N–C) groups is 1. The van der Waals surface area contributed by atoms with Gasteiger partial charge >= 0.3 is 6.09 Å². The Morgan fingerprint density at radius 2 is 2.08 bits per heavy atom. The maximum absolute atomic E-state index is 11.9. The van der Waals surface area contributed by atoms with Crippen molar-refractivity contribution in [2.75, 3.05) is 26.2 Å². The third kappa shape index (κ3) is 7.16. The standard InChI is InChI=1S/C17H32N4O3.HI/c1-5-18-14(19-12-17(23)8-6-9-17)21-10-7-13(11-21)20-15(22)24-16(2,3)4;/h13,23H,5-12H2,1-4H3,(H,18,19)(H,20,22);1H. The Morgan fingerprint density at radius 3 is 2.60 bits per heavy atom. The number of likely N-dealkylation sites (tertiary alicyclic amines) is 1. The van der Waals surface area contributed by atoms with Crippen molar-refractivity contribution in [2.45, 2.75) is 70.6 Å². The minimum Gasteiger partial charge on any atom is -0.444 e. The molecule has 1 amide bonds. The zero-order chi connectivity index (χ0) is 17.8. The molecule has 146 valence electrons. The second-order valence-electron chi connectivity index (χ2n) is 7.83. The Hall–Kier alpha value is -0.770. The number of carbonyl (C=O) groups excluding carboxylic acids is 1. The molecule has 1 saturated carbocycles. The van der Waals surface area contributed by atoms with E-state index in [-0.39, 0.29) is 36.1 Å². The molecule has 25 heavy (non-hydrogen) atoms. The summed E-state index contributed by atoms with van der Waals surface area (Å²) >= 11 is 0. The van der Waals surface area contributed by atoms with E-state index in [1.807, 2.05) is 27.7 Å². The molecule has 0 aromatic heterocycles. The summed E-state index contributed by atoms with van der Waals surface area (Å²) in [7, 11) is 0. The van der Waals surface area contributed by atoms with Gasteiger partial charge in [0.1, 0.15) is 5.60 Å². The molecule has 3 N–H and O–H groups in total. The Balaban J connectivity index is 0.00000312. The van der Waals surface area contributed by atoms with Gasteiger partial charge in [0.2, 0.25) is 0 Å². The fourth-order valence-electron chi connectivity index (χ4n) is 2.94. The van der Waals surface area contributed by atoms with Gasteiger partial charge in [-0.05, 0) is 53.4 Å². The number of hydrogen-bond donors (Lipinski definition) is 3. The third-order valence-electron chi connectivity index (χ3n) is 4.35. The molecule has 1 atom stereocenters. The summed E-state index contributed by atoms with van der Waals surface area (Å²) in [6.07, 6.45) is 3.22. The number of aliphatic hydroxyl groups is 1. The first-order chi connectivity index (χ1) is 11.2. The van der Waals surface area contributed by atoms with Crippen molar-refractivity contribution in [1.82, 2.24) is 15.5 Å². The van der Waals surface area contributed by atoms with E-state index >= 15 is 0 Å². The summed E-state index contributed by atoms with van der Waals surface area (Å²) < 4.78 is 5.31. The number of halogens is 1. The Bertz CT molecular complexity index is 475. The average Bonchev–Trinajstić information content (AvgIpc) is 2.87. The molecule has 1 saturated heterocycles. The first-order valence-corrected chi connectivity index (χ1v) is 8.96. The molecule has 1 aliphatic heterocycles. The summed E-state index contributed by atoms with van der Waals surface area (Å²) in [6, 6.07) is 0.0514. The smallest absolute Gasteiger partial charge is 0.407 e. The molecule has 0 aromatic rings. The van der Waals surface area contributed by atoms with Crippen LogP contribution in [0.25, 0.3) is 0 Å². The van der Waals surface area contributed by atoms with Crippen LogP contribution in [-0.4, -0.2) is 65.5 Å². The van der Waals surface area contributed by atoms with E-state index in [9.17, 15) is 9.90 Å². The number of carbonyl (C=O) groups is 1. The van der Waals surface area contributed by atoms with Gasteiger partial charge < -0.3 is 25.4 Å². The number of nitrogens with zero attached hydrogens (tertiary/aromatic N) is 2. The quantitative estimate of drug-likeness (QED) is 0.334. The van der Waals surface area contributed by atoms with E-state index in [2.05, 4.69) is 20.5 Å². The summed E-state index contributed by atoms with van der Waals surface area (Å²) in [5.74, 6) is 0.811. The van der Waals surface area contributed by atoms with Gasteiger partial charge in [0.15, 0.2) is 5.96 Å². The van der Waals surface area contributed by atoms with Gasteiger partial charge in [-0.15, -0.1) is 24.0 Å². The van der Waals surface area contributed by atoms with Crippen LogP contribution in [0.15, 0.2) is 4.99 Å². The Morgan fingerprint density at radius 1 is 1.40 bits per heavy atom. The van der Waals surface area contributed by atoms with Crippen LogP contribution in [0.5, 0.6) is 0 Å². The van der Waals surface area contributed by atoms with Crippen molar-refractivity contribution < 1.29 is 14.6 Å². The highest BCUT2D eigenvalue weighted by Crippen LogP contribution is 2.31. The second kappa shape index (κ2) is 9.25. The van der Waals surface area contributed by atoms with Crippen LogP contribution in [0, 0.1) is 0 Å². The molecule has 2 fully saturated rings. The van der Waals surface area contributed by atoms with Crippen LogP contribution in [-0.2, 0) is 4.74 Å². The predicted molar refractivity (Wildman–Crippen MR) is 110 cm³/mol. The minimum atomic E-state index is -0.617. The van der Waals surface area contributed by atoms with E-state index in [0.717, 1.165) is 44.7 Å². The maximum atomic E-state index is 11.9. The van der Waals surface area contributed by atoms with Crippen LogP contribution >= 0.6 is 24.0 Å². The molecule has 2 rings (SSSR count). The van der Waals surface area contributed by atoms with Crippen molar-refractivity contribution in [3.8, 4) is 0 Å². The summed E-state index contributed by atoms with van der Waals surface area (Å²) in [6.45, 7) is 10.3. The summed E-state index contributed by atoms with van der Waals surface area (Å²) in [5, 5.41) is 16.4. The van der Waals surface area contributed by atoms with Crippen LogP contribution in [0.3, 0.4) is 0 Å². The predicted octanol–water partition coefficient (Wildman–Crippen LogP) is 2.08. The highest BCUT2D eigenvalue weighted by Gasteiger charge is 2.35. The third-order valence-corrected chi connectivity index (χ3v) is 4.35. The highest BCUT2D eigenvalue weighted by atomic mass is 127. The number of nitrogens with one attached hydrogen (secondary N) is 2. The molecule has 2 aliphatic rings. The molecule has 0 aromatic carbocycles. The molecule has 0 radical (unpaired) electrons. The molecular formula is C17H33IN4O3. The lowest BCUT2D eigenvalue weighted by atomic mass is 9.80. The van der Waals surface area contributed by atoms with Gasteiger partial charge in [-0.3, -0.25) is 4.99 Å². The minimum absolute atomic E-state index is 0. The van der Waals surface area contributed by atoms with Crippen molar-refractivity contribution in [3.05, 3.63) is 0 Å². The van der Waals surface area contributed by atoms with Crippen LogP contribution < -0.4 is 10.6 Å². The largest absolute Gasteiger partial charge is 0.444 e. The van der Waals surface area contributed by atoms with Gasteiger partial charge in [-0.1, -0.05) is 0 Å². The molecule has 0 bridgehead atoms. The van der Waals surface area contributed by atoms with Crippen molar-refractivity contribution in [2.24, 2.45) is 4.99 Å². The average molecular weight is 468 g/mol. The lowest BCUT2D eigenvalue weighted by Gasteiger charge is -2.35. The van der Waals surface area contributed by atoms with Crippen molar-refractivity contribution in [1.29, 1.82) is 0 Å². The van der Waals surface area contributed by atoms with Crippen LogP contribution in [0.2, 0.25) is 0 Å². The number of alkyl carbamates (subject to hydrolysis) is 1. The van der Waals surface area contributed by atoms with Gasteiger partial charge in [-0.25, -0.2) is 4.79 Å².